The average molecular weight is 503 g/mol. The van der Waals surface area contributed by atoms with Crippen molar-refractivity contribution in [2.24, 2.45) is 4.99 Å². The molecule has 28 heavy (non-hydrogen) atoms. The van der Waals surface area contributed by atoms with Crippen LogP contribution in [-0.4, -0.2) is 62.5 Å². The van der Waals surface area contributed by atoms with Gasteiger partial charge < -0.3 is 19.7 Å². The summed E-state index contributed by atoms with van der Waals surface area (Å²) in [6, 6.07) is 7.00. The molecular formula is C21H31FIN3O2. The molecule has 4 rings (SSSR count). The molecule has 2 heterocycles. The lowest BCUT2D eigenvalue weighted by atomic mass is 9.96. The Balaban J connectivity index is 0.00000225. The number of nitrogens with zero attached hydrogens (tertiary/aromatic N) is 2. The predicted octanol–water partition coefficient (Wildman–Crippen LogP) is 3.32. The number of guanidine groups is 1. The minimum absolute atomic E-state index is 0. The molecular weight excluding hydrogens is 472 g/mol. The van der Waals surface area contributed by atoms with Crippen molar-refractivity contribution in [1.29, 1.82) is 0 Å². The van der Waals surface area contributed by atoms with E-state index in [4.69, 9.17) is 14.5 Å². The Morgan fingerprint density at radius 1 is 1.29 bits per heavy atom. The van der Waals surface area contributed by atoms with Gasteiger partial charge in [-0.1, -0.05) is 12.1 Å². The normalized spacial score (nSPS) is 26.6. The summed E-state index contributed by atoms with van der Waals surface area (Å²) >= 11 is 0. The summed E-state index contributed by atoms with van der Waals surface area (Å²) in [6.45, 7) is 6.80. The van der Waals surface area contributed by atoms with Gasteiger partial charge in [0.25, 0.3) is 0 Å². The summed E-state index contributed by atoms with van der Waals surface area (Å²) in [5.41, 5.74) is 1.07. The third-order valence-electron chi connectivity index (χ3n) is 5.93. The molecule has 0 radical (unpaired) electrons. The van der Waals surface area contributed by atoms with Crippen LogP contribution < -0.4 is 5.32 Å². The summed E-state index contributed by atoms with van der Waals surface area (Å²) < 4.78 is 25.4. The predicted molar refractivity (Wildman–Crippen MR) is 119 cm³/mol. The molecule has 3 aliphatic rings. The fourth-order valence-electron chi connectivity index (χ4n) is 4.15. The minimum atomic E-state index is -0.165. The Kier molecular flexibility index (Phi) is 7.55. The summed E-state index contributed by atoms with van der Waals surface area (Å²) in [5, 5.41) is 3.43. The second-order valence-corrected chi connectivity index (χ2v) is 7.87. The van der Waals surface area contributed by atoms with E-state index in [2.05, 4.69) is 17.1 Å². The number of halogens is 2. The fourth-order valence-corrected chi connectivity index (χ4v) is 4.15. The SMILES string of the molecule is CCNC(=NCC1(c2cccc(F)c2)CC1)N1CCOC(C2CCCO2)C1.I. The van der Waals surface area contributed by atoms with Crippen LogP contribution in [0.15, 0.2) is 29.3 Å². The maximum Gasteiger partial charge on any atom is 0.194 e. The maximum absolute atomic E-state index is 13.6. The number of hydrogen-bond acceptors (Lipinski definition) is 3. The van der Waals surface area contributed by atoms with E-state index in [1.807, 2.05) is 6.07 Å². The average Bonchev–Trinajstić information content (AvgIpc) is 3.28. The van der Waals surface area contributed by atoms with Gasteiger partial charge in [-0.25, -0.2) is 4.39 Å². The summed E-state index contributed by atoms with van der Waals surface area (Å²) in [5.74, 6) is 0.772. The molecule has 2 atom stereocenters. The van der Waals surface area contributed by atoms with Crippen molar-refractivity contribution in [3.63, 3.8) is 0 Å². The quantitative estimate of drug-likeness (QED) is 0.381. The Morgan fingerprint density at radius 3 is 2.79 bits per heavy atom. The first-order valence-corrected chi connectivity index (χ1v) is 10.2. The van der Waals surface area contributed by atoms with E-state index < -0.39 is 0 Å². The topological polar surface area (TPSA) is 46.1 Å². The van der Waals surface area contributed by atoms with Crippen LogP contribution in [0.5, 0.6) is 0 Å². The van der Waals surface area contributed by atoms with E-state index in [1.165, 1.54) is 6.07 Å². The van der Waals surface area contributed by atoms with E-state index >= 15 is 0 Å². The van der Waals surface area contributed by atoms with Gasteiger partial charge in [-0.15, -0.1) is 24.0 Å². The number of aliphatic imine (C=N–C) groups is 1. The van der Waals surface area contributed by atoms with Crippen LogP contribution in [0.1, 0.15) is 38.2 Å². The van der Waals surface area contributed by atoms with Gasteiger partial charge in [0, 0.05) is 31.7 Å². The van der Waals surface area contributed by atoms with Crippen LogP contribution in [0, 0.1) is 5.82 Å². The van der Waals surface area contributed by atoms with E-state index in [1.54, 1.807) is 12.1 Å². The first-order chi connectivity index (χ1) is 13.2. The van der Waals surface area contributed by atoms with Gasteiger partial charge in [0.2, 0.25) is 0 Å². The van der Waals surface area contributed by atoms with E-state index in [0.29, 0.717) is 13.2 Å². The van der Waals surface area contributed by atoms with Crippen molar-refractivity contribution >= 4 is 29.9 Å². The van der Waals surface area contributed by atoms with Gasteiger partial charge in [-0.05, 0) is 50.3 Å². The summed E-state index contributed by atoms with van der Waals surface area (Å²) in [6.07, 6.45) is 4.66. The van der Waals surface area contributed by atoms with Gasteiger partial charge in [0.1, 0.15) is 11.9 Å². The molecule has 0 amide bonds. The van der Waals surface area contributed by atoms with E-state index in [-0.39, 0.29) is 47.4 Å². The molecule has 1 saturated carbocycles. The largest absolute Gasteiger partial charge is 0.375 e. The molecule has 3 fully saturated rings. The fraction of sp³-hybridized carbons (Fsp3) is 0.667. The zero-order valence-corrected chi connectivity index (χ0v) is 18.9. The molecule has 2 saturated heterocycles. The van der Waals surface area contributed by atoms with Gasteiger partial charge in [0.05, 0.1) is 19.3 Å². The molecule has 0 aromatic heterocycles. The monoisotopic (exact) mass is 503 g/mol. The Labute approximate surface area is 184 Å². The van der Waals surface area contributed by atoms with Crippen molar-refractivity contribution in [3.8, 4) is 0 Å². The highest BCUT2D eigenvalue weighted by Gasteiger charge is 2.44. The molecule has 2 aliphatic heterocycles. The maximum atomic E-state index is 13.6. The molecule has 1 aromatic carbocycles. The Morgan fingerprint density at radius 2 is 2.11 bits per heavy atom. The van der Waals surface area contributed by atoms with Crippen molar-refractivity contribution < 1.29 is 13.9 Å². The Hall–Kier alpha value is -0.930. The highest BCUT2D eigenvalue weighted by Crippen LogP contribution is 2.48. The first kappa shape index (κ1) is 21.8. The third-order valence-corrected chi connectivity index (χ3v) is 5.93. The number of ether oxygens (including phenoxy) is 2. The number of morpholine rings is 1. The summed E-state index contributed by atoms with van der Waals surface area (Å²) in [7, 11) is 0. The molecule has 7 heteroatoms. The van der Waals surface area contributed by atoms with Crippen LogP contribution in [0.2, 0.25) is 0 Å². The molecule has 5 nitrogen and oxygen atoms in total. The van der Waals surface area contributed by atoms with E-state index in [9.17, 15) is 4.39 Å². The van der Waals surface area contributed by atoms with Crippen molar-refractivity contribution in [3.05, 3.63) is 35.6 Å². The standard InChI is InChI=1S/C21H30FN3O2.HI/c1-2-23-20(25-10-12-27-19(14-25)18-7-4-11-26-18)24-15-21(8-9-21)16-5-3-6-17(22)13-16;/h3,5-6,13,18-19H,2,4,7-12,14-15H2,1H3,(H,23,24);1H. The smallest absolute Gasteiger partial charge is 0.194 e. The van der Waals surface area contributed by atoms with Gasteiger partial charge >= 0.3 is 0 Å². The zero-order chi connectivity index (χ0) is 18.7. The highest BCUT2D eigenvalue weighted by atomic mass is 127. The number of benzene rings is 1. The molecule has 1 aliphatic carbocycles. The molecule has 156 valence electrons. The van der Waals surface area contributed by atoms with Crippen molar-refractivity contribution in [1.82, 2.24) is 10.2 Å². The van der Waals surface area contributed by atoms with E-state index in [0.717, 1.165) is 63.4 Å². The minimum Gasteiger partial charge on any atom is -0.375 e. The third kappa shape index (κ3) is 4.97. The molecule has 0 bridgehead atoms. The second kappa shape index (κ2) is 9.71. The lowest BCUT2D eigenvalue weighted by Crippen LogP contribution is -2.53. The highest BCUT2D eigenvalue weighted by molar-refractivity contribution is 14.0. The lowest BCUT2D eigenvalue weighted by molar-refractivity contribution is -0.0817. The van der Waals surface area contributed by atoms with Gasteiger partial charge in [-0.2, -0.15) is 0 Å². The molecule has 1 aromatic rings. The number of rotatable bonds is 5. The van der Waals surface area contributed by atoms with Gasteiger partial charge in [-0.3, -0.25) is 4.99 Å². The molecule has 0 spiro atoms. The van der Waals surface area contributed by atoms with Crippen LogP contribution in [0.25, 0.3) is 0 Å². The van der Waals surface area contributed by atoms with Crippen LogP contribution in [0.4, 0.5) is 4.39 Å². The van der Waals surface area contributed by atoms with Crippen LogP contribution in [-0.2, 0) is 14.9 Å². The molecule has 2 unspecified atom stereocenters. The first-order valence-electron chi connectivity index (χ1n) is 10.2. The lowest BCUT2D eigenvalue weighted by Gasteiger charge is -2.37. The summed E-state index contributed by atoms with van der Waals surface area (Å²) in [4.78, 5) is 7.24. The van der Waals surface area contributed by atoms with Crippen LogP contribution in [0.3, 0.4) is 0 Å². The zero-order valence-electron chi connectivity index (χ0n) is 16.5. The van der Waals surface area contributed by atoms with Crippen molar-refractivity contribution in [2.45, 2.75) is 50.2 Å². The molecule has 1 N–H and O–H groups in total. The number of hydrogen-bond donors (Lipinski definition) is 1. The number of nitrogens with one attached hydrogen (secondary N) is 1. The van der Waals surface area contributed by atoms with Crippen molar-refractivity contribution in [2.75, 3.05) is 39.4 Å². The van der Waals surface area contributed by atoms with Gasteiger partial charge in [0.15, 0.2) is 5.96 Å². The van der Waals surface area contributed by atoms with Crippen LogP contribution >= 0.6 is 24.0 Å². The Bertz CT molecular complexity index is 677. The second-order valence-electron chi connectivity index (χ2n) is 7.87.